The SMILES string of the molecule is CNCC1CCCN(C(=O)C(C)CCOc2ccccc2)C1. The molecule has 1 aliphatic heterocycles. The van der Waals surface area contributed by atoms with Crippen LogP contribution >= 0.6 is 0 Å². The summed E-state index contributed by atoms with van der Waals surface area (Å²) >= 11 is 0. The second kappa shape index (κ2) is 8.79. The van der Waals surface area contributed by atoms with Crippen molar-refractivity contribution in [2.45, 2.75) is 26.2 Å². The van der Waals surface area contributed by atoms with Gasteiger partial charge in [0, 0.05) is 19.0 Å². The van der Waals surface area contributed by atoms with E-state index in [1.54, 1.807) is 0 Å². The van der Waals surface area contributed by atoms with Crippen molar-refractivity contribution in [1.29, 1.82) is 0 Å². The Morgan fingerprint density at radius 2 is 2.18 bits per heavy atom. The molecule has 1 saturated heterocycles. The molecule has 1 fully saturated rings. The fourth-order valence-electron chi connectivity index (χ4n) is 3.03. The van der Waals surface area contributed by atoms with Gasteiger partial charge in [-0.15, -0.1) is 0 Å². The highest BCUT2D eigenvalue weighted by Gasteiger charge is 2.26. The topological polar surface area (TPSA) is 41.6 Å². The number of carbonyl (C=O) groups excluding carboxylic acids is 1. The van der Waals surface area contributed by atoms with Crippen LogP contribution < -0.4 is 10.1 Å². The zero-order chi connectivity index (χ0) is 15.8. The van der Waals surface area contributed by atoms with Crippen LogP contribution in [0, 0.1) is 11.8 Å². The number of ether oxygens (including phenoxy) is 1. The number of benzene rings is 1. The van der Waals surface area contributed by atoms with Crippen molar-refractivity contribution in [1.82, 2.24) is 10.2 Å². The molecule has 1 aromatic rings. The van der Waals surface area contributed by atoms with E-state index in [1.165, 1.54) is 6.42 Å². The first kappa shape index (κ1) is 16.8. The quantitative estimate of drug-likeness (QED) is 0.842. The third-order valence-corrected chi connectivity index (χ3v) is 4.31. The standard InChI is InChI=1S/C18H28N2O2/c1-15(10-12-22-17-8-4-3-5-9-17)18(21)20-11-6-7-16(14-20)13-19-2/h3-5,8-9,15-16,19H,6-7,10-14H2,1-2H3. The van der Waals surface area contributed by atoms with Gasteiger partial charge in [0.1, 0.15) is 5.75 Å². The average molecular weight is 304 g/mol. The van der Waals surface area contributed by atoms with Crippen LogP contribution in [0.4, 0.5) is 0 Å². The first-order valence-electron chi connectivity index (χ1n) is 8.32. The fraction of sp³-hybridized carbons (Fsp3) is 0.611. The minimum atomic E-state index is 0.0250. The number of nitrogens with one attached hydrogen (secondary N) is 1. The molecular weight excluding hydrogens is 276 g/mol. The van der Waals surface area contributed by atoms with E-state index in [0.29, 0.717) is 12.5 Å². The third-order valence-electron chi connectivity index (χ3n) is 4.31. The Balaban J connectivity index is 1.74. The van der Waals surface area contributed by atoms with Crippen molar-refractivity contribution >= 4 is 5.91 Å². The Labute approximate surface area is 133 Å². The van der Waals surface area contributed by atoms with Gasteiger partial charge in [-0.3, -0.25) is 4.79 Å². The first-order valence-corrected chi connectivity index (χ1v) is 8.32. The third kappa shape index (κ3) is 5.02. The van der Waals surface area contributed by atoms with E-state index in [2.05, 4.69) is 5.32 Å². The summed E-state index contributed by atoms with van der Waals surface area (Å²) in [7, 11) is 1.98. The van der Waals surface area contributed by atoms with Gasteiger partial charge in [0.2, 0.25) is 5.91 Å². The summed E-state index contributed by atoms with van der Waals surface area (Å²) < 4.78 is 5.69. The summed E-state index contributed by atoms with van der Waals surface area (Å²) in [4.78, 5) is 14.6. The number of likely N-dealkylation sites (tertiary alicyclic amines) is 1. The molecular formula is C18H28N2O2. The zero-order valence-electron chi connectivity index (χ0n) is 13.8. The lowest BCUT2D eigenvalue weighted by Crippen LogP contribution is -2.44. The number of para-hydroxylation sites is 1. The van der Waals surface area contributed by atoms with Gasteiger partial charge in [-0.1, -0.05) is 25.1 Å². The molecule has 1 aromatic carbocycles. The number of amides is 1. The summed E-state index contributed by atoms with van der Waals surface area (Å²) in [5.74, 6) is 1.76. The molecule has 0 aromatic heterocycles. The predicted octanol–water partition coefficient (Wildman–Crippen LogP) is 2.55. The van der Waals surface area contributed by atoms with Crippen LogP contribution in [0.3, 0.4) is 0 Å². The number of rotatable bonds is 7. The van der Waals surface area contributed by atoms with Crippen LogP contribution in [0.1, 0.15) is 26.2 Å². The maximum absolute atomic E-state index is 12.5. The minimum Gasteiger partial charge on any atom is -0.494 e. The zero-order valence-corrected chi connectivity index (χ0v) is 13.8. The maximum Gasteiger partial charge on any atom is 0.225 e. The Bertz CT molecular complexity index is 448. The lowest BCUT2D eigenvalue weighted by Gasteiger charge is -2.34. The Morgan fingerprint density at radius 1 is 1.41 bits per heavy atom. The second-order valence-electron chi connectivity index (χ2n) is 6.20. The van der Waals surface area contributed by atoms with Gasteiger partial charge in [0.05, 0.1) is 6.61 Å². The lowest BCUT2D eigenvalue weighted by molar-refractivity contribution is -0.137. The van der Waals surface area contributed by atoms with E-state index >= 15 is 0 Å². The summed E-state index contributed by atoms with van der Waals surface area (Å²) in [6.45, 7) is 5.39. The molecule has 0 aliphatic carbocycles. The fourth-order valence-corrected chi connectivity index (χ4v) is 3.03. The van der Waals surface area contributed by atoms with E-state index in [1.807, 2.05) is 49.2 Å². The molecule has 2 rings (SSSR count). The molecule has 1 amide bonds. The molecule has 1 aliphatic rings. The van der Waals surface area contributed by atoms with Gasteiger partial charge < -0.3 is 15.0 Å². The van der Waals surface area contributed by atoms with Crippen molar-refractivity contribution in [3.63, 3.8) is 0 Å². The smallest absolute Gasteiger partial charge is 0.225 e. The summed E-state index contributed by atoms with van der Waals surface area (Å²) in [6, 6.07) is 9.77. The molecule has 0 bridgehead atoms. The van der Waals surface area contributed by atoms with Crippen LogP contribution in [0.5, 0.6) is 5.75 Å². The largest absolute Gasteiger partial charge is 0.494 e. The highest BCUT2D eigenvalue weighted by atomic mass is 16.5. The van der Waals surface area contributed by atoms with Crippen molar-refractivity contribution in [2.75, 3.05) is 33.3 Å². The van der Waals surface area contributed by atoms with Crippen LogP contribution in [-0.2, 0) is 4.79 Å². The Morgan fingerprint density at radius 3 is 2.91 bits per heavy atom. The normalized spacial score (nSPS) is 19.7. The van der Waals surface area contributed by atoms with E-state index in [-0.39, 0.29) is 11.8 Å². The number of nitrogens with zero attached hydrogens (tertiary/aromatic N) is 1. The molecule has 0 radical (unpaired) electrons. The number of carbonyl (C=O) groups is 1. The highest BCUT2D eigenvalue weighted by molar-refractivity contribution is 5.78. The maximum atomic E-state index is 12.5. The van der Waals surface area contributed by atoms with Gasteiger partial charge in [-0.25, -0.2) is 0 Å². The molecule has 2 atom stereocenters. The predicted molar refractivity (Wildman–Crippen MR) is 88.9 cm³/mol. The second-order valence-corrected chi connectivity index (χ2v) is 6.20. The van der Waals surface area contributed by atoms with Gasteiger partial charge in [0.25, 0.3) is 0 Å². The van der Waals surface area contributed by atoms with Gasteiger partial charge in [0.15, 0.2) is 0 Å². The van der Waals surface area contributed by atoms with E-state index in [9.17, 15) is 4.79 Å². The molecule has 1 N–H and O–H groups in total. The van der Waals surface area contributed by atoms with Crippen molar-refractivity contribution < 1.29 is 9.53 Å². The van der Waals surface area contributed by atoms with E-state index < -0.39 is 0 Å². The molecule has 4 heteroatoms. The lowest BCUT2D eigenvalue weighted by atomic mass is 9.96. The highest BCUT2D eigenvalue weighted by Crippen LogP contribution is 2.19. The Hall–Kier alpha value is -1.55. The van der Waals surface area contributed by atoms with Gasteiger partial charge >= 0.3 is 0 Å². The number of hydrogen-bond acceptors (Lipinski definition) is 3. The van der Waals surface area contributed by atoms with Gasteiger partial charge in [-0.05, 0) is 50.9 Å². The molecule has 122 valence electrons. The number of hydrogen-bond donors (Lipinski definition) is 1. The van der Waals surface area contributed by atoms with Crippen molar-refractivity contribution in [2.24, 2.45) is 11.8 Å². The molecule has 4 nitrogen and oxygen atoms in total. The van der Waals surface area contributed by atoms with Crippen LogP contribution in [-0.4, -0.2) is 44.1 Å². The van der Waals surface area contributed by atoms with Gasteiger partial charge in [-0.2, -0.15) is 0 Å². The molecule has 22 heavy (non-hydrogen) atoms. The first-order chi connectivity index (χ1) is 10.7. The van der Waals surface area contributed by atoms with Crippen LogP contribution in [0.25, 0.3) is 0 Å². The van der Waals surface area contributed by atoms with E-state index in [4.69, 9.17) is 4.74 Å². The molecule has 2 unspecified atom stereocenters. The number of piperidine rings is 1. The van der Waals surface area contributed by atoms with Crippen LogP contribution in [0.15, 0.2) is 30.3 Å². The monoisotopic (exact) mass is 304 g/mol. The van der Waals surface area contributed by atoms with Crippen LogP contribution in [0.2, 0.25) is 0 Å². The summed E-state index contributed by atoms with van der Waals surface area (Å²) in [5, 5.41) is 3.22. The van der Waals surface area contributed by atoms with Crippen molar-refractivity contribution in [3.05, 3.63) is 30.3 Å². The summed E-state index contributed by atoms with van der Waals surface area (Å²) in [6.07, 6.45) is 3.10. The molecule has 0 spiro atoms. The van der Waals surface area contributed by atoms with E-state index in [0.717, 1.165) is 38.2 Å². The Kier molecular flexibility index (Phi) is 6.72. The summed E-state index contributed by atoms with van der Waals surface area (Å²) in [5.41, 5.74) is 0. The van der Waals surface area contributed by atoms with Crippen molar-refractivity contribution in [3.8, 4) is 5.75 Å². The molecule has 0 saturated carbocycles. The molecule has 1 heterocycles. The minimum absolute atomic E-state index is 0.0250. The average Bonchev–Trinajstić information content (AvgIpc) is 2.55.